The number of aromatic nitrogens is 1. The fraction of sp³-hybridized carbons (Fsp3) is 0.250. The summed E-state index contributed by atoms with van der Waals surface area (Å²) >= 11 is 1.54. The van der Waals surface area contributed by atoms with E-state index in [4.69, 9.17) is 5.73 Å². The number of anilines is 1. The molecular weight excluding hydrogens is 282 g/mol. The first-order chi connectivity index (χ1) is 9.04. The van der Waals surface area contributed by atoms with Crippen molar-refractivity contribution in [2.75, 3.05) is 5.73 Å². The van der Waals surface area contributed by atoms with Crippen LogP contribution in [-0.4, -0.2) is 13.4 Å². The predicted molar refractivity (Wildman–Crippen MR) is 76.4 cm³/mol. The Kier molecular flexibility index (Phi) is 4.18. The first-order valence-corrected chi connectivity index (χ1v) is 8.16. The summed E-state index contributed by atoms with van der Waals surface area (Å²) in [7, 11) is -3.62. The minimum absolute atomic E-state index is 0.0110. The highest BCUT2D eigenvalue weighted by Gasteiger charge is 2.18. The topological polar surface area (TPSA) is 85.1 Å². The molecule has 0 atom stereocenters. The van der Waals surface area contributed by atoms with E-state index < -0.39 is 10.0 Å². The van der Waals surface area contributed by atoms with Gasteiger partial charge in [-0.2, -0.15) is 0 Å². The lowest BCUT2D eigenvalue weighted by atomic mass is 10.2. The van der Waals surface area contributed by atoms with Gasteiger partial charge in [-0.1, -0.05) is 6.92 Å². The molecule has 0 aliphatic rings. The first-order valence-electron chi connectivity index (χ1n) is 5.80. The highest BCUT2D eigenvalue weighted by Crippen LogP contribution is 2.19. The maximum absolute atomic E-state index is 12.1. The number of sulfonamides is 1. The summed E-state index contributed by atoms with van der Waals surface area (Å²) in [5.74, 6) is 0.0110. The molecule has 2 heterocycles. The maximum Gasteiger partial charge on any atom is 0.244 e. The smallest absolute Gasteiger partial charge is 0.244 e. The van der Waals surface area contributed by atoms with Gasteiger partial charge in [0.1, 0.15) is 10.7 Å². The summed E-state index contributed by atoms with van der Waals surface area (Å²) in [5, 5.41) is 1.96. The quantitative estimate of drug-likeness (QED) is 0.880. The van der Waals surface area contributed by atoms with Crippen LogP contribution in [0, 0.1) is 0 Å². The summed E-state index contributed by atoms with van der Waals surface area (Å²) in [6.07, 6.45) is 2.35. The van der Waals surface area contributed by atoms with Crippen molar-refractivity contribution in [3.05, 3.63) is 40.2 Å². The van der Waals surface area contributed by atoms with Gasteiger partial charge >= 0.3 is 0 Å². The number of nitrogens with zero attached hydrogens (tertiary/aromatic N) is 1. The summed E-state index contributed by atoms with van der Waals surface area (Å²) in [5.41, 5.74) is 6.74. The van der Waals surface area contributed by atoms with Crippen LogP contribution in [0.25, 0.3) is 0 Å². The van der Waals surface area contributed by atoms with Crippen molar-refractivity contribution >= 4 is 27.2 Å². The molecule has 2 rings (SSSR count). The SMILES string of the molecule is CCc1ccsc1CNS(=O)(=O)c1cccnc1N. The van der Waals surface area contributed by atoms with E-state index in [1.807, 2.05) is 18.4 Å². The van der Waals surface area contributed by atoms with Crippen LogP contribution in [-0.2, 0) is 23.0 Å². The molecule has 0 aliphatic carbocycles. The number of thiophene rings is 1. The van der Waals surface area contributed by atoms with Gasteiger partial charge in [0.2, 0.25) is 10.0 Å². The van der Waals surface area contributed by atoms with Crippen LogP contribution in [0.1, 0.15) is 17.4 Å². The van der Waals surface area contributed by atoms with Gasteiger partial charge < -0.3 is 5.73 Å². The van der Waals surface area contributed by atoms with Crippen LogP contribution < -0.4 is 10.5 Å². The Labute approximate surface area is 116 Å². The van der Waals surface area contributed by atoms with Gasteiger partial charge in [-0.05, 0) is 35.6 Å². The number of nitrogens with two attached hydrogens (primary N) is 1. The Morgan fingerprint density at radius 3 is 2.89 bits per heavy atom. The maximum atomic E-state index is 12.1. The van der Waals surface area contributed by atoms with E-state index in [9.17, 15) is 8.42 Å². The molecule has 0 radical (unpaired) electrons. The summed E-state index contributed by atoms with van der Waals surface area (Å²) in [6, 6.07) is 5.00. The van der Waals surface area contributed by atoms with Gasteiger partial charge in [-0.3, -0.25) is 0 Å². The zero-order valence-electron chi connectivity index (χ0n) is 10.5. The average molecular weight is 297 g/mol. The lowest BCUT2D eigenvalue weighted by Gasteiger charge is -2.08. The van der Waals surface area contributed by atoms with E-state index in [2.05, 4.69) is 9.71 Å². The zero-order valence-corrected chi connectivity index (χ0v) is 12.1. The third kappa shape index (κ3) is 3.12. The van der Waals surface area contributed by atoms with Crippen molar-refractivity contribution in [2.45, 2.75) is 24.8 Å². The first kappa shape index (κ1) is 14.0. The molecule has 0 aliphatic heterocycles. The number of hydrogen-bond donors (Lipinski definition) is 2. The molecule has 0 spiro atoms. The molecule has 2 aromatic heterocycles. The number of pyridine rings is 1. The summed E-state index contributed by atoms with van der Waals surface area (Å²) in [4.78, 5) is 4.83. The minimum atomic E-state index is -3.62. The standard InChI is InChI=1S/C12H15N3O2S2/c1-2-9-5-7-18-10(9)8-15-19(16,17)11-4-3-6-14-12(11)13/h3-7,15H,2,8H2,1H3,(H2,13,14). The second-order valence-corrected chi connectivity index (χ2v) is 6.67. The molecule has 0 bridgehead atoms. The third-order valence-electron chi connectivity index (χ3n) is 2.73. The predicted octanol–water partition coefficient (Wildman–Crippen LogP) is 1.77. The van der Waals surface area contributed by atoms with Crippen LogP contribution in [0.15, 0.2) is 34.7 Å². The van der Waals surface area contributed by atoms with Gasteiger partial charge in [-0.25, -0.2) is 18.1 Å². The van der Waals surface area contributed by atoms with Crippen molar-refractivity contribution in [2.24, 2.45) is 0 Å². The van der Waals surface area contributed by atoms with Crippen LogP contribution in [0.2, 0.25) is 0 Å². The lowest BCUT2D eigenvalue weighted by Crippen LogP contribution is -2.24. The Balaban J connectivity index is 2.17. The highest BCUT2D eigenvalue weighted by molar-refractivity contribution is 7.89. The molecule has 3 N–H and O–H groups in total. The summed E-state index contributed by atoms with van der Waals surface area (Å²) < 4.78 is 26.8. The Morgan fingerprint density at radius 2 is 2.21 bits per heavy atom. The normalized spacial score (nSPS) is 11.6. The monoisotopic (exact) mass is 297 g/mol. The molecule has 5 nitrogen and oxygen atoms in total. The van der Waals surface area contributed by atoms with Crippen LogP contribution in [0.5, 0.6) is 0 Å². The van der Waals surface area contributed by atoms with Crippen molar-refractivity contribution in [1.82, 2.24) is 9.71 Å². The number of nitrogen functional groups attached to an aromatic ring is 1. The van der Waals surface area contributed by atoms with Gasteiger partial charge in [0.25, 0.3) is 0 Å². The molecule has 19 heavy (non-hydrogen) atoms. The van der Waals surface area contributed by atoms with E-state index >= 15 is 0 Å². The molecule has 0 unspecified atom stereocenters. The van der Waals surface area contributed by atoms with Crippen LogP contribution >= 0.6 is 11.3 Å². The van der Waals surface area contributed by atoms with Crippen molar-refractivity contribution < 1.29 is 8.42 Å². The van der Waals surface area contributed by atoms with Crippen LogP contribution in [0.3, 0.4) is 0 Å². The fourth-order valence-corrected chi connectivity index (χ4v) is 3.79. The highest BCUT2D eigenvalue weighted by atomic mass is 32.2. The third-order valence-corrected chi connectivity index (χ3v) is 5.14. The van der Waals surface area contributed by atoms with E-state index in [-0.39, 0.29) is 17.3 Å². The lowest BCUT2D eigenvalue weighted by molar-refractivity contribution is 0.581. The number of rotatable bonds is 5. The van der Waals surface area contributed by atoms with Crippen molar-refractivity contribution in [1.29, 1.82) is 0 Å². The van der Waals surface area contributed by atoms with Gasteiger partial charge in [0.15, 0.2) is 0 Å². The van der Waals surface area contributed by atoms with Crippen molar-refractivity contribution in [3.8, 4) is 0 Å². The van der Waals surface area contributed by atoms with Crippen molar-refractivity contribution in [3.63, 3.8) is 0 Å². The molecule has 7 heteroatoms. The molecule has 0 amide bonds. The average Bonchev–Trinajstić information content (AvgIpc) is 2.84. The molecule has 102 valence electrons. The van der Waals surface area contributed by atoms with Gasteiger partial charge in [0, 0.05) is 17.6 Å². The second kappa shape index (κ2) is 5.68. The molecule has 0 saturated heterocycles. The molecular formula is C12H15N3O2S2. The van der Waals surface area contributed by atoms with Crippen LogP contribution in [0.4, 0.5) is 5.82 Å². The minimum Gasteiger partial charge on any atom is -0.383 e. The van der Waals surface area contributed by atoms with E-state index in [0.29, 0.717) is 0 Å². The largest absolute Gasteiger partial charge is 0.383 e. The van der Waals surface area contributed by atoms with Gasteiger partial charge in [-0.15, -0.1) is 11.3 Å². The van der Waals surface area contributed by atoms with E-state index in [1.165, 1.54) is 12.3 Å². The number of aryl methyl sites for hydroxylation is 1. The number of nitrogens with one attached hydrogen (secondary N) is 1. The molecule has 0 fully saturated rings. The Bertz CT molecular complexity index is 665. The van der Waals surface area contributed by atoms with E-state index in [0.717, 1.165) is 16.9 Å². The number of hydrogen-bond acceptors (Lipinski definition) is 5. The molecule has 2 aromatic rings. The molecule has 0 aromatic carbocycles. The Morgan fingerprint density at radius 1 is 1.42 bits per heavy atom. The van der Waals surface area contributed by atoms with Gasteiger partial charge in [0.05, 0.1) is 0 Å². The van der Waals surface area contributed by atoms with E-state index in [1.54, 1.807) is 17.4 Å². The molecule has 0 saturated carbocycles. The Hall–Kier alpha value is -1.44. The second-order valence-electron chi connectivity index (χ2n) is 3.93. The summed E-state index contributed by atoms with van der Waals surface area (Å²) in [6.45, 7) is 2.32. The fourth-order valence-electron chi connectivity index (χ4n) is 1.71. The zero-order chi connectivity index (χ0) is 13.9.